The van der Waals surface area contributed by atoms with E-state index in [1.54, 1.807) is 18.2 Å². The first-order chi connectivity index (χ1) is 14.5. The molecule has 1 N–H and O–H groups in total. The third kappa shape index (κ3) is 5.90. The van der Waals surface area contributed by atoms with E-state index >= 15 is 0 Å². The summed E-state index contributed by atoms with van der Waals surface area (Å²) in [5.41, 5.74) is 0.524. The molecule has 0 aliphatic rings. The predicted molar refractivity (Wildman–Crippen MR) is 122 cm³/mol. The Hall–Kier alpha value is -2.23. The van der Waals surface area contributed by atoms with Crippen LogP contribution in [0.5, 0.6) is 11.5 Å². The third-order valence-electron chi connectivity index (χ3n) is 4.06. The summed E-state index contributed by atoms with van der Waals surface area (Å²) in [5, 5.41) is 12.4. The van der Waals surface area contributed by atoms with Gasteiger partial charge in [-0.3, -0.25) is 4.79 Å². The first kappa shape index (κ1) is 22.5. The highest BCUT2D eigenvalue weighted by atomic mass is 79.9. The standard InChI is InChI=1S/C20H20BrClN4O3S/c1-3-26-18(11-29-15-7-4-13(21)5-8-15)24-25-20(26)30-12-19(27)23-16-10-14(22)6-9-17(16)28-2/h4-10H,3,11-12H2,1-2H3,(H,23,27). The molecule has 10 heteroatoms. The van der Waals surface area contributed by atoms with Crippen molar-refractivity contribution in [1.82, 2.24) is 14.8 Å². The number of nitrogens with one attached hydrogen (secondary N) is 1. The second-order valence-electron chi connectivity index (χ2n) is 6.07. The van der Waals surface area contributed by atoms with Gasteiger partial charge in [-0.15, -0.1) is 10.2 Å². The van der Waals surface area contributed by atoms with Crippen molar-refractivity contribution in [2.75, 3.05) is 18.2 Å². The van der Waals surface area contributed by atoms with Crippen LogP contribution >= 0.6 is 39.3 Å². The number of hydrogen-bond donors (Lipinski definition) is 1. The summed E-state index contributed by atoms with van der Waals surface area (Å²) in [6, 6.07) is 12.6. The number of methoxy groups -OCH3 is 1. The SMILES string of the molecule is CCn1c(COc2ccc(Br)cc2)nnc1SCC(=O)Nc1cc(Cl)ccc1OC. The summed E-state index contributed by atoms with van der Waals surface area (Å²) in [7, 11) is 1.54. The fourth-order valence-electron chi connectivity index (χ4n) is 2.62. The highest BCUT2D eigenvalue weighted by Crippen LogP contribution is 2.28. The Morgan fingerprint density at radius 1 is 1.23 bits per heavy atom. The van der Waals surface area contributed by atoms with Crippen LogP contribution in [0.15, 0.2) is 52.1 Å². The van der Waals surface area contributed by atoms with Gasteiger partial charge >= 0.3 is 0 Å². The first-order valence-electron chi connectivity index (χ1n) is 9.06. The molecule has 0 fully saturated rings. The lowest BCUT2D eigenvalue weighted by Crippen LogP contribution is -2.15. The fraction of sp³-hybridized carbons (Fsp3) is 0.250. The quantitative estimate of drug-likeness (QED) is 0.406. The molecule has 1 amide bonds. The number of carbonyl (C=O) groups excluding carboxylic acids is 1. The maximum absolute atomic E-state index is 12.4. The van der Waals surface area contributed by atoms with E-state index in [-0.39, 0.29) is 18.3 Å². The van der Waals surface area contributed by atoms with Crippen molar-refractivity contribution in [3.63, 3.8) is 0 Å². The van der Waals surface area contributed by atoms with E-state index in [2.05, 4.69) is 31.4 Å². The number of amides is 1. The number of thioether (sulfide) groups is 1. The Bertz CT molecular complexity index is 1010. The van der Waals surface area contributed by atoms with Crippen molar-refractivity contribution in [1.29, 1.82) is 0 Å². The number of rotatable bonds is 9. The van der Waals surface area contributed by atoms with Gasteiger partial charge in [0.15, 0.2) is 11.0 Å². The van der Waals surface area contributed by atoms with E-state index < -0.39 is 0 Å². The monoisotopic (exact) mass is 510 g/mol. The van der Waals surface area contributed by atoms with E-state index in [4.69, 9.17) is 21.1 Å². The molecule has 0 atom stereocenters. The highest BCUT2D eigenvalue weighted by Gasteiger charge is 2.15. The molecule has 7 nitrogen and oxygen atoms in total. The van der Waals surface area contributed by atoms with Gasteiger partial charge < -0.3 is 19.4 Å². The van der Waals surface area contributed by atoms with Gasteiger partial charge in [-0.1, -0.05) is 39.3 Å². The Balaban J connectivity index is 1.59. The zero-order chi connectivity index (χ0) is 21.5. The Labute approximate surface area is 192 Å². The van der Waals surface area contributed by atoms with Crippen molar-refractivity contribution in [3.8, 4) is 11.5 Å². The van der Waals surface area contributed by atoms with Crippen LogP contribution < -0.4 is 14.8 Å². The van der Waals surface area contributed by atoms with Crippen LogP contribution in [-0.2, 0) is 17.9 Å². The number of anilines is 1. The average molecular weight is 512 g/mol. The Morgan fingerprint density at radius 2 is 2.00 bits per heavy atom. The van der Waals surface area contributed by atoms with Gasteiger partial charge in [-0.25, -0.2) is 0 Å². The van der Waals surface area contributed by atoms with Gasteiger partial charge in [0, 0.05) is 16.0 Å². The maximum Gasteiger partial charge on any atom is 0.234 e. The number of benzene rings is 2. The van der Waals surface area contributed by atoms with E-state index in [0.717, 1.165) is 10.2 Å². The number of carbonyl (C=O) groups is 1. The van der Waals surface area contributed by atoms with Crippen molar-refractivity contribution in [2.24, 2.45) is 0 Å². The number of hydrogen-bond acceptors (Lipinski definition) is 6. The van der Waals surface area contributed by atoms with Gasteiger partial charge in [0.25, 0.3) is 0 Å². The molecule has 0 saturated heterocycles. The van der Waals surface area contributed by atoms with Gasteiger partial charge in [-0.2, -0.15) is 0 Å². The van der Waals surface area contributed by atoms with Gasteiger partial charge in [-0.05, 0) is 49.4 Å². The largest absolute Gasteiger partial charge is 0.495 e. The molecule has 0 aliphatic heterocycles. The zero-order valence-corrected chi connectivity index (χ0v) is 19.6. The van der Waals surface area contributed by atoms with E-state index in [9.17, 15) is 4.79 Å². The minimum absolute atomic E-state index is 0.168. The number of nitrogens with zero attached hydrogens (tertiary/aromatic N) is 3. The second kappa shape index (κ2) is 10.7. The number of halogens is 2. The highest BCUT2D eigenvalue weighted by molar-refractivity contribution is 9.10. The average Bonchev–Trinajstić information content (AvgIpc) is 3.14. The lowest BCUT2D eigenvalue weighted by atomic mass is 10.3. The summed E-state index contributed by atoms with van der Waals surface area (Å²) in [4.78, 5) is 12.4. The van der Waals surface area contributed by atoms with Crippen LogP contribution in [0.2, 0.25) is 5.02 Å². The van der Waals surface area contributed by atoms with Crippen molar-refractivity contribution in [3.05, 3.63) is 57.8 Å². The topological polar surface area (TPSA) is 78.3 Å². The smallest absolute Gasteiger partial charge is 0.234 e. The maximum atomic E-state index is 12.4. The lowest BCUT2D eigenvalue weighted by molar-refractivity contribution is -0.113. The number of aromatic nitrogens is 3. The minimum atomic E-state index is -0.195. The van der Waals surface area contributed by atoms with Gasteiger partial charge in [0.2, 0.25) is 5.91 Å². The molecule has 158 valence electrons. The molecule has 3 rings (SSSR count). The molecule has 0 radical (unpaired) electrons. The number of ether oxygens (including phenoxy) is 2. The molecule has 0 saturated carbocycles. The van der Waals surface area contributed by atoms with Crippen LogP contribution in [0.25, 0.3) is 0 Å². The molecule has 1 heterocycles. The fourth-order valence-corrected chi connectivity index (χ4v) is 3.88. The Kier molecular flexibility index (Phi) is 8.01. The second-order valence-corrected chi connectivity index (χ2v) is 8.36. The Morgan fingerprint density at radius 3 is 2.70 bits per heavy atom. The first-order valence-corrected chi connectivity index (χ1v) is 11.2. The molecule has 1 aromatic heterocycles. The molecular weight excluding hydrogens is 492 g/mol. The van der Waals surface area contributed by atoms with Crippen LogP contribution in [0.1, 0.15) is 12.7 Å². The molecule has 3 aromatic rings. The third-order valence-corrected chi connectivity index (χ3v) is 5.79. The molecule has 0 bridgehead atoms. The van der Waals surface area contributed by atoms with Crippen LogP contribution in [-0.4, -0.2) is 33.5 Å². The molecular formula is C20H20BrClN4O3S. The predicted octanol–water partition coefficient (Wildman–Crippen LogP) is 5.03. The minimum Gasteiger partial charge on any atom is -0.495 e. The normalized spacial score (nSPS) is 10.7. The van der Waals surface area contributed by atoms with Crippen LogP contribution in [0.4, 0.5) is 5.69 Å². The molecule has 0 spiro atoms. The summed E-state index contributed by atoms with van der Waals surface area (Å²) >= 11 is 10.7. The summed E-state index contributed by atoms with van der Waals surface area (Å²) in [5.74, 6) is 1.95. The van der Waals surface area contributed by atoms with E-state index in [1.165, 1.54) is 18.9 Å². The summed E-state index contributed by atoms with van der Waals surface area (Å²) in [6.07, 6.45) is 0. The zero-order valence-electron chi connectivity index (χ0n) is 16.4. The van der Waals surface area contributed by atoms with Crippen molar-refractivity contribution >= 4 is 50.9 Å². The van der Waals surface area contributed by atoms with Crippen LogP contribution in [0, 0.1) is 0 Å². The van der Waals surface area contributed by atoms with Gasteiger partial charge in [0.05, 0.1) is 18.6 Å². The lowest BCUT2D eigenvalue weighted by Gasteiger charge is -2.11. The van der Waals surface area contributed by atoms with Crippen molar-refractivity contribution < 1.29 is 14.3 Å². The van der Waals surface area contributed by atoms with Crippen LogP contribution in [0.3, 0.4) is 0 Å². The van der Waals surface area contributed by atoms with Gasteiger partial charge in [0.1, 0.15) is 18.1 Å². The van der Waals surface area contributed by atoms with E-state index in [1.807, 2.05) is 35.8 Å². The molecule has 30 heavy (non-hydrogen) atoms. The summed E-state index contributed by atoms with van der Waals surface area (Å²) in [6.45, 7) is 2.94. The summed E-state index contributed by atoms with van der Waals surface area (Å²) < 4.78 is 13.9. The van der Waals surface area contributed by atoms with E-state index in [0.29, 0.717) is 34.0 Å². The molecule has 0 unspecified atom stereocenters. The molecule has 0 aliphatic carbocycles. The van der Waals surface area contributed by atoms with Crippen molar-refractivity contribution in [2.45, 2.75) is 25.2 Å². The molecule has 2 aromatic carbocycles.